The van der Waals surface area contributed by atoms with Crippen molar-refractivity contribution in [2.24, 2.45) is 23.2 Å². The first-order valence-electron chi connectivity index (χ1n) is 14.5. The molecule has 6 bridgehead atoms. The van der Waals surface area contributed by atoms with E-state index in [2.05, 4.69) is 0 Å². The minimum atomic E-state index is -4.51. The van der Waals surface area contributed by atoms with Crippen LogP contribution in [-0.4, -0.2) is 24.9 Å². The van der Waals surface area contributed by atoms with Gasteiger partial charge in [0.2, 0.25) is 11.5 Å². The van der Waals surface area contributed by atoms with Gasteiger partial charge in [-0.3, -0.25) is 9.35 Å². The van der Waals surface area contributed by atoms with Crippen LogP contribution in [0.4, 0.5) is 0 Å². The maximum atomic E-state index is 13.7. The second kappa shape index (κ2) is 8.94. The zero-order chi connectivity index (χ0) is 29.0. The summed E-state index contributed by atoms with van der Waals surface area (Å²) in [6.45, 7) is 7.29. The topological polar surface area (TPSA) is 129 Å². The summed E-state index contributed by atoms with van der Waals surface area (Å²) in [5, 5.41) is 0. The molecule has 9 nitrogen and oxygen atoms in total. The molecule has 1 aliphatic heterocycles. The van der Waals surface area contributed by atoms with Gasteiger partial charge in [0.15, 0.2) is 11.2 Å². The second-order valence-electron chi connectivity index (χ2n) is 13.3. The van der Waals surface area contributed by atoms with E-state index in [0.717, 1.165) is 19.3 Å². The molecule has 0 spiro atoms. The molecule has 0 unspecified atom stereocenters. The van der Waals surface area contributed by atoms with Gasteiger partial charge in [-0.2, -0.15) is 8.42 Å². The summed E-state index contributed by atoms with van der Waals surface area (Å²) in [4.78, 5) is 27.1. The molecule has 0 radical (unpaired) electrons. The van der Waals surface area contributed by atoms with Crippen LogP contribution in [0.3, 0.4) is 0 Å². The quantitative estimate of drug-likeness (QED) is 0.186. The molecule has 3 heterocycles. The Hall–Kier alpha value is -3.11. The molecule has 2 aromatic heterocycles. The van der Waals surface area contributed by atoms with Crippen LogP contribution in [0.15, 0.2) is 21.4 Å². The fourth-order valence-electron chi connectivity index (χ4n) is 8.32. The van der Waals surface area contributed by atoms with Crippen molar-refractivity contribution in [1.82, 2.24) is 0 Å². The summed E-state index contributed by atoms with van der Waals surface area (Å²) in [7, 11) is -4.51. The molecular formula is C31H34O9S. The highest BCUT2D eigenvalue weighted by Gasteiger charge is 2.56. The fraction of sp³-hybridized carbons (Fsp3) is 0.548. The summed E-state index contributed by atoms with van der Waals surface area (Å²) in [6, 6.07) is 2.93. The van der Waals surface area contributed by atoms with E-state index in [0.29, 0.717) is 45.8 Å². The number of esters is 2. The van der Waals surface area contributed by atoms with Gasteiger partial charge in [0, 0.05) is 0 Å². The molecule has 4 aliphatic carbocycles. The predicted molar refractivity (Wildman–Crippen MR) is 147 cm³/mol. The van der Waals surface area contributed by atoms with Gasteiger partial charge in [-0.15, -0.1) is 0 Å². The van der Waals surface area contributed by atoms with E-state index >= 15 is 0 Å². The molecule has 1 aromatic carbocycles. The number of carbonyl (C=O) groups is 2. The van der Waals surface area contributed by atoms with Crippen LogP contribution in [0.2, 0.25) is 0 Å². The monoisotopic (exact) mass is 582 g/mol. The van der Waals surface area contributed by atoms with Crippen molar-refractivity contribution in [2.45, 2.75) is 89.6 Å². The van der Waals surface area contributed by atoms with Crippen LogP contribution in [0.1, 0.15) is 105 Å². The first kappa shape index (κ1) is 26.8. The highest BCUT2D eigenvalue weighted by molar-refractivity contribution is 7.86. The van der Waals surface area contributed by atoms with Crippen molar-refractivity contribution in [3.05, 3.63) is 34.4 Å². The van der Waals surface area contributed by atoms with E-state index in [1.807, 2.05) is 0 Å². The molecular weight excluding hydrogens is 548 g/mol. The van der Waals surface area contributed by atoms with Gasteiger partial charge < -0.3 is 18.6 Å². The summed E-state index contributed by atoms with van der Waals surface area (Å²) >= 11 is 0. The van der Waals surface area contributed by atoms with Crippen LogP contribution in [0.25, 0.3) is 11.2 Å². The van der Waals surface area contributed by atoms with Gasteiger partial charge in [0.1, 0.15) is 22.8 Å². The lowest BCUT2D eigenvalue weighted by Crippen LogP contribution is -2.51. The zero-order valence-electron chi connectivity index (χ0n) is 23.6. The van der Waals surface area contributed by atoms with E-state index in [-0.39, 0.29) is 52.0 Å². The Morgan fingerprint density at radius 2 is 1.49 bits per heavy atom. The maximum absolute atomic E-state index is 13.7. The van der Waals surface area contributed by atoms with Gasteiger partial charge in [-0.05, 0) is 91.4 Å². The average molecular weight is 583 g/mol. The third kappa shape index (κ3) is 4.08. The molecule has 1 N–H and O–H groups in total. The van der Waals surface area contributed by atoms with E-state index in [9.17, 15) is 22.6 Å². The van der Waals surface area contributed by atoms with Crippen molar-refractivity contribution in [3.8, 4) is 17.2 Å². The number of fused-ring (bicyclic) bond motifs is 1. The van der Waals surface area contributed by atoms with Crippen molar-refractivity contribution in [3.63, 3.8) is 0 Å². The Morgan fingerprint density at radius 3 is 2.00 bits per heavy atom. The lowest BCUT2D eigenvalue weighted by Gasteiger charge is -2.55. The lowest BCUT2D eigenvalue weighted by molar-refractivity contribution is -0.161. The Kier molecular flexibility index (Phi) is 5.84. The zero-order valence-corrected chi connectivity index (χ0v) is 24.4. The molecule has 3 aromatic rings. The molecule has 4 saturated carbocycles. The minimum absolute atomic E-state index is 0.0905. The Labute approximate surface area is 238 Å². The van der Waals surface area contributed by atoms with Crippen molar-refractivity contribution in [2.75, 3.05) is 0 Å². The lowest BCUT2D eigenvalue weighted by atomic mass is 9.49. The van der Waals surface area contributed by atoms with Crippen molar-refractivity contribution in [1.29, 1.82) is 0 Å². The molecule has 0 saturated heterocycles. The molecule has 10 heteroatoms. The minimum Gasteiger partial charge on any atom is -0.481 e. The number of hydrogen-bond acceptors (Lipinski definition) is 8. The third-order valence-corrected chi connectivity index (χ3v) is 10.7. The molecule has 218 valence electrons. The van der Waals surface area contributed by atoms with Gasteiger partial charge >= 0.3 is 11.9 Å². The Bertz CT molecular complexity index is 1630. The molecule has 41 heavy (non-hydrogen) atoms. The SMILES string of the molecule is CC(C)c1cc(OC(=O)c2c3c4oc2c(OC(=O)C25CC6CC(CC(C6)C2)C5)c4OC3)cc(C(C)C)c1S(=O)(=O)O. The van der Waals surface area contributed by atoms with Crippen LogP contribution in [-0.2, 0) is 21.5 Å². The van der Waals surface area contributed by atoms with Crippen LogP contribution >= 0.6 is 0 Å². The first-order valence-corrected chi connectivity index (χ1v) is 15.9. The molecule has 0 amide bonds. The molecule has 8 rings (SSSR count). The fourth-order valence-corrected chi connectivity index (χ4v) is 9.50. The number of furan rings is 2. The van der Waals surface area contributed by atoms with E-state index < -0.39 is 21.5 Å². The predicted octanol–water partition coefficient (Wildman–Crippen LogP) is 6.60. The number of ether oxygens (including phenoxy) is 3. The normalized spacial score (nSPS) is 26.4. The van der Waals surface area contributed by atoms with Crippen molar-refractivity contribution >= 4 is 33.2 Å². The number of carbonyl (C=O) groups excluding carboxylic acids is 2. The van der Waals surface area contributed by atoms with E-state index in [4.69, 9.17) is 18.6 Å². The largest absolute Gasteiger partial charge is 0.481 e. The Morgan fingerprint density at radius 1 is 0.927 bits per heavy atom. The number of benzene rings is 2. The summed E-state index contributed by atoms with van der Waals surface area (Å²) in [5.74, 6) is 0.822. The smallest absolute Gasteiger partial charge is 0.348 e. The maximum Gasteiger partial charge on any atom is 0.348 e. The molecule has 0 atom stereocenters. The highest BCUT2D eigenvalue weighted by atomic mass is 32.2. The van der Waals surface area contributed by atoms with Gasteiger partial charge in [0.25, 0.3) is 10.1 Å². The standard InChI is InChI=1S/C31H34O9S/c1-14(2)20-8-19(9-21(15(3)4)28(20)41(34,35)36)38-29(32)23-22-13-37-26-24(22)39-25(23)27(26)40-30(33)31-10-16-5-17(11-31)7-18(6-16)12-31/h8-9,14-18H,5-7,10-13H2,1-4H3,(H,34,35,36). The van der Waals surface area contributed by atoms with E-state index in [1.165, 1.54) is 31.4 Å². The molecule has 5 aliphatic rings. The average Bonchev–Trinajstić information content (AvgIpc) is 3.51. The van der Waals surface area contributed by atoms with Crippen molar-refractivity contribution < 1.29 is 41.2 Å². The summed E-state index contributed by atoms with van der Waals surface area (Å²) in [6.07, 6.45) is 6.14. The van der Waals surface area contributed by atoms with E-state index in [1.54, 1.807) is 27.7 Å². The molecule has 4 fully saturated rings. The van der Waals surface area contributed by atoms with Crippen LogP contribution in [0, 0.1) is 23.2 Å². The van der Waals surface area contributed by atoms with Gasteiger partial charge in [-0.25, -0.2) is 4.79 Å². The number of rotatable bonds is 7. The van der Waals surface area contributed by atoms with Crippen LogP contribution < -0.4 is 14.2 Å². The number of hydrogen-bond donors (Lipinski definition) is 1. The van der Waals surface area contributed by atoms with Gasteiger partial charge in [0.05, 0.1) is 11.0 Å². The Balaban J connectivity index is 1.21. The third-order valence-electron chi connectivity index (χ3n) is 9.69. The summed E-state index contributed by atoms with van der Waals surface area (Å²) in [5.41, 5.74) is 1.41. The first-order chi connectivity index (χ1) is 19.3. The summed E-state index contributed by atoms with van der Waals surface area (Å²) < 4.78 is 58.1. The van der Waals surface area contributed by atoms with Gasteiger partial charge in [-0.1, -0.05) is 27.7 Å². The van der Waals surface area contributed by atoms with Crippen LogP contribution in [0.5, 0.6) is 17.2 Å². The second-order valence-corrected chi connectivity index (χ2v) is 14.6. The highest BCUT2D eigenvalue weighted by Crippen LogP contribution is 2.61.